The van der Waals surface area contributed by atoms with E-state index in [4.69, 9.17) is 5.73 Å². The first kappa shape index (κ1) is 8.52. The molecule has 1 unspecified atom stereocenters. The van der Waals surface area contributed by atoms with Crippen molar-refractivity contribution in [2.45, 2.75) is 25.8 Å². The molecular formula is C12H15N. The third kappa shape index (κ3) is 1.29. The van der Waals surface area contributed by atoms with E-state index < -0.39 is 0 Å². The van der Waals surface area contributed by atoms with Crippen molar-refractivity contribution >= 4 is 6.08 Å². The molecule has 68 valence electrons. The second-order valence-corrected chi connectivity index (χ2v) is 4.06. The highest BCUT2D eigenvalue weighted by Crippen LogP contribution is 2.32. The minimum Gasteiger partial charge on any atom is -0.321 e. The molecule has 2 rings (SSSR count). The predicted octanol–water partition coefficient (Wildman–Crippen LogP) is 2.59. The largest absolute Gasteiger partial charge is 0.321 e. The zero-order valence-corrected chi connectivity index (χ0v) is 8.17. The van der Waals surface area contributed by atoms with Gasteiger partial charge in [-0.2, -0.15) is 0 Å². The summed E-state index contributed by atoms with van der Waals surface area (Å²) in [5.41, 5.74) is 9.91. The normalized spacial score (nSPS) is 25.8. The van der Waals surface area contributed by atoms with Gasteiger partial charge in [-0.1, -0.05) is 30.4 Å². The number of hydrogen-bond donors (Lipinski definition) is 1. The Kier molecular flexibility index (Phi) is 1.77. The molecule has 13 heavy (non-hydrogen) atoms. The van der Waals surface area contributed by atoms with Crippen LogP contribution in [0.25, 0.3) is 6.08 Å². The van der Waals surface area contributed by atoms with Crippen LogP contribution in [0.2, 0.25) is 0 Å². The Hall–Kier alpha value is -1.08. The molecule has 1 aliphatic rings. The van der Waals surface area contributed by atoms with Crippen LogP contribution in [0.5, 0.6) is 0 Å². The number of nitrogens with two attached hydrogens (primary N) is 1. The average molecular weight is 173 g/mol. The van der Waals surface area contributed by atoms with Gasteiger partial charge in [0.25, 0.3) is 0 Å². The minimum atomic E-state index is -0.184. The maximum absolute atomic E-state index is 6.21. The van der Waals surface area contributed by atoms with Gasteiger partial charge in [0.05, 0.1) is 0 Å². The maximum atomic E-state index is 6.21. The van der Waals surface area contributed by atoms with Crippen LogP contribution in [-0.2, 0) is 5.54 Å². The van der Waals surface area contributed by atoms with E-state index in [2.05, 4.69) is 44.2 Å². The van der Waals surface area contributed by atoms with Crippen molar-refractivity contribution in [2.75, 3.05) is 0 Å². The molecule has 1 aromatic rings. The molecule has 2 N–H and O–H groups in total. The fraction of sp³-hybridized carbons (Fsp3) is 0.333. The van der Waals surface area contributed by atoms with Crippen LogP contribution in [0.1, 0.15) is 30.0 Å². The molecular weight excluding hydrogens is 158 g/mol. The summed E-state index contributed by atoms with van der Waals surface area (Å²) in [7, 11) is 0. The lowest BCUT2D eigenvalue weighted by Gasteiger charge is -2.29. The minimum absolute atomic E-state index is 0.184. The van der Waals surface area contributed by atoms with Crippen molar-refractivity contribution in [1.29, 1.82) is 0 Å². The molecule has 0 saturated carbocycles. The van der Waals surface area contributed by atoms with Gasteiger partial charge < -0.3 is 5.73 Å². The van der Waals surface area contributed by atoms with Gasteiger partial charge in [0.15, 0.2) is 0 Å². The van der Waals surface area contributed by atoms with Gasteiger partial charge in [-0.05, 0) is 37.0 Å². The van der Waals surface area contributed by atoms with Gasteiger partial charge in [0, 0.05) is 5.54 Å². The van der Waals surface area contributed by atoms with Gasteiger partial charge >= 0.3 is 0 Å². The highest BCUT2D eigenvalue weighted by Gasteiger charge is 2.25. The van der Waals surface area contributed by atoms with Crippen LogP contribution < -0.4 is 5.73 Å². The number of fused-ring (bicyclic) bond motifs is 1. The molecule has 1 aliphatic carbocycles. The van der Waals surface area contributed by atoms with E-state index in [-0.39, 0.29) is 5.54 Å². The second kappa shape index (κ2) is 2.71. The summed E-state index contributed by atoms with van der Waals surface area (Å²) in [5, 5.41) is 0. The van der Waals surface area contributed by atoms with Crippen molar-refractivity contribution in [1.82, 2.24) is 0 Å². The fourth-order valence-corrected chi connectivity index (χ4v) is 1.93. The van der Waals surface area contributed by atoms with Gasteiger partial charge in [-0.3, -0.25) is 0 Å². The third-order valence-corrected chi connectivity index (χ3v) is 2.77. The number of benzene rings is 1. The SMILES string of the molecule is Cc1cccc2c1C=CCC2(C)N. The molecule has 0 aliphatic heterocycles. The maximum Gasteiger partial charge on any atom is 0.0422 e. The Morgan fingerprint density at radius 1 is 1.38 bits per heavy atom. The van der Waals surface area contributed by atoms with Gasteiger partial charge in [0.1, 0.15) is 0 Å². The zero-order chi connectivity index (χ0) is 9.47. The summed E-state index contributed by atoms with van der Waals surface area (Å²) in [6.45, 7) is 4.22. The van der Waals surface area contributed by atoms with Crippen LogP contribution >= 0.6 is 0 Å². The smallest absolute Gasteiger partial charge is 0.0422 e. The molecule has 1 aromatic carbocycles. The molecule has 1 nitrogen and oxygen atoms in total. The molecule has 0 spiro atoms. The highest BCUT2D eigenvalue weighted by atomic mass is 14.7. The Labute approximate surface area is 79.3 Å². The van der Waals surface area contributed by atoms with E-state index >= 15 is 0 Å². The monoisotopic (exact) mass is 173 g/mol. The molecule has 0 radical (unpaired) electrons. The molecule has 0 heterocycles. The Morgan fingerprint density at radius 3 is 2.85 bits per heavy atom. The van der Waals surface area contributed by atoms with Gasteiger partial charge in [-0.15, -0.1) is 0 Å². The lowest BCUT2D eigenvalue weighted by molar-refractivity contribution is 0.497. The number of rotatable bonds is 0. The molecule has 0 fully saturated rings. The number of aryl methyl sites for hydroxylation is 1. The second-order valence-electron chi connectivity index (χ2n) is 4.06. The van der Waals surface area contributed by atoms with E-state index in [1.165, 1.54) is 16.7 Å². The lowest BCUT2D eigenvalue weighted by Crippen LogP contribution is -2.34. The highest BCUT2D eigenvalue weighted by molar-refractivity contribution is 5.62. The summed E-state index contributed by atoms with van der Waals surface area (Å²) in [6.07, 6.45) is 5.28. The Bertz CT molecular complexity index is 361. The zero-order valence-electron chi connectivity index (χ0n) is 8.17. The van der Waals surface area contributed by atoms with Crippen molar-refractivity contribution in [3.63, 3.8) is 0 Å². The number of hydrogen-bond acceptors (Lipinski definition) is 1. The van der Waals surface area contributed by atoms with Crippen molar-refractivity contribution in [3.8, 4) is 0 Å². The summed E-state index contributed by atoms with van der Waals surface area (Å²) >= 11 is 0. The van der Waals surface area contributed by atoms with E-state index in [0.29, 0.717) is 0 Å². The summed E-state index contributed by atoms with van der Waals surface area (Å²) in [5.74, 6) is 0. The van der Waals surface area contributed by atoms with Crippen LogP contribution in [0, 0.1) is 6.92 Å². The quantitative estimate of drug-likeness (QED) is 0.641. The van der Waals surface area contributed by atoms with E-state index in [1.54, 1.807) is 0 Å². The summed E-state index contributed by atoms with van der Waals surface area (Å²) in [4.78, 5) is 0. The van der Waals surface area contributed by atoms with Gasteiger partial charge in [-0.25, -0.2) is 0 Å². The first-order valence-electron chi connectivity index (χ1n) is 4.67. The van der Waals surface area contributed by atoms with Crippen molar-refractivity contribution in [2.24, 2.45) is 5.73 Å². The molecule has 1 heteroatoms. The summed E-state index contributed by atoms with van der Waals surface area (Å²) in [6, 6.07) is 6.34. The first-order chi connectivity index (χ1) is 6.11. The predicted molar refractivity (Wildman–Crippen MR) is 56.4 cm³/mol. The molecule has 0 saturated heterocycles. The fourth-order valence-electron chi connectivity index (χ4n) is 1.93. The van der Waals surface area contributed by atoms with Crippen LogP contribution in [0.4, 0.5) is 0 Å². The third-order valence-electron chi connectivity index (χ3n) is 2.77. The molecule has 0 amide bonds. The average Bonchev–Trinajstić information content (AvgIpc) is 2.06. The molecule has 1 atom stereocenters. The van der Waals surface area contributed by atoms with Crippen LogP contribution in [0.3, 0.4) is 0 Å². The van der Waals surface area contributed by atoms with Gasteiger partial charge in [0.2, 0.25) is 0 Å². The van der Waals surface area contributed by atoms with Crippen molar-refractivity contribution in [3.05, 3.63) is 41.0 Å². The Balaban J connectivity index is 2.67. The van der Waals surface area contributed by atoms with Crippen LogP contribution in [-0.4, -0.2) is 0 Å². The molecule has 0 aromatic heterocycles. The topological polar surface area (TPSA) is 26.0 Å². The first-order valence-corrected chi connectivity index (χ1v) is 4.67. The lowest BCUT2D eigenvalue weighted by atomic mass is 9.81. The van der Waals surface area contributed by atoms with Crippen molar-refractivity contribution < 1.29 is 0 Å². The van der Waals surface area contributed by atoms with Crippen LogP contribution in [0.15, 0.2) is 24.3 Å². The Morgan fingerprint density at radius 2 is 2.15 bits per heavy atom. The van der Waals surface area contributed by atoms with E-state index in [1.807, 2.05) is 0 Å². The summed E-state index contributed by atoms with van der Waals surface area (Å²) < 4.78 is 0. The standard InChI is InChI=1S/C12H15N/c1-9-5-3-7-11-10(9)6-4-8-12(11,2)13/h3-7H,8,13H2,1-2H3. The van der Waals surface area contributed by atoms with E-state index in [0.717, 1.165) is 6.42 Å². The van der Waals surface area contributed by atoms with E-state index in [9.17, 15) is 0 Å². The molecule has 0 bridgehead atoms.